The van der Waals surface area contributed by atoms with E-state index in [4.69, 9.17) is 5.11 Å². The summed E-state index contributed by atoms with van der Waals surface area (Å²) in [5, 5.41) is 30.1. The van der Waals surface area contributed by atoms with E-state index in [0.717, 1.165) is 4.68 Å². The van der Waals surface area contributed by atoms with Crippen molar-refractivity contribution in [2.75, 3.05) is 5.32 Å². The van der Waals surface area contributed by atoms with Gasteiger partial charge in [-0.1, -0.05) is 0 Å². The molecule has 122 valence electrons. The summed E-state index contributed by atoms with van der Waals surface area (Å²) >= 11 is 0. The molecule has 2 N–H and O–H groups in total. The minimum absolute atomic E-state index is 0.0426. The van der Waals surface area contributed by atoms with Gasteiger partial charge in [-0.05, 0) is 13.8 Å². The minimum Gasteiger partial charge on any atom is -0.476 e. The third-order valence-electron chi connectivity index (χ3n) is 3.23. The van der Waals surface area contributed by atoms with E-state index in [9.17, 15) is 19.7 Å². The monoisotopic (exact) mass is 322 g/mol. The van der Waals surface area contributed by atoms with E-state index in [0.29, 0.717) is 0 Å². The number of hydrogen-bond donors (Lipinski definition) is 2. The van der Waals surface area contributed by atoms with E-state index in [2.05, 4.69) is 15.5 Å². The van der Waals surface area contributed by atoms with Crippen LogP contribution in [0.3, 0.4) is 0 Å². The van der Waals surface area contributed by atoms with E-state index in [-0.39, 0.29) is 35.0 Å². The molecule has 0 aliphatic rings. The molecule has 0 fully saturated rings. The van der Waals surface area contributed by atoms with Gasteiger partial charge >= 0.3 is 11.7 Å². The molecule has 0 bridgehead atoms. The van der Waals surface area contributed by atoms with Crippen LogP contribution in [0, 0.1) is 24.0 Å². The van der Waals surface area contributed by atoms with Crippen molar-refractivity contribution in [3.8, 4) is 0 Å². The zero-order valence-electron chi connectivity index (χ0n) is 12.6. The maximum atomic E-state index is 12.0. The molecule has 0 unspecified atom stereocenters. The van der Waals surface area contributed by atoms with Crippen molar-refractivity contribution >= 4 is 23.3 Å². The van der Waals surface area contributed by atoms with Gasteiger partial charge < -0.3 is 10.4 Å². The number of aromatic nitrogens is 4. The predicted octanol–water partition coefficient (Wildman–Crippen LogP) is 0.479. The molecule has 0 radical (unpaired) electrons. The Morgan fingerprint density at radius 2 is 2.09 bits per heavy atom. The number of carbonyl (C=O) groups is 2. The van der Waals surface area contributed by atoms with Crippen molar-refractivity contribution in [2.45, 2.75) is 20.4 Å². The number of aryl methyl sites for hydroxylation is 2. The Bertz CT molecular complexity index is 805. The van der Waals surface area contributed by atoms with Crippen LogP contribution in [-0.2, 0) is 18.4 Å². The highest BCUT2D eigenvalue weighted by molar-refractivity contribution is 5.99. The molecular weight excluding hydrogens is 308 g/mol. The molecule has 0 saturated heterocycles. The van der Waals surface area contributed by atoms with Crippen LogP contribution in [0.2, 0.25) is 0 Å². The highest BCUT2D eigenvalue weighted by Crippen LogP contribution is 2.22. The Hall–Kier alpha value is -3.24. The van der Waals surface area contributed by atoms with E-state index >= 15 is 0 Å². The first-order chi connectivity index (χ1) is 10.7. The van der Waals surface area contributed by atoms with Gasteiger partial charge in [0.15, 0.2) is 5.69 Å². The molecule has 0 aromatic carbocycles. The zero-order chi connectivity index (χ0) is 17.3. The lowest BCUT2D eigenvalue weighted by Gasteiger charge is -2.06. The Labute approximate surface area is 129 Å². The molecule has 23 heavy (non-hydrogen) atoms. The van der Waals surface area contributed by atoms with Crippen molar-refractivity contribution in [2.24, 2.45) is 7.05 Å². The van der Waals surface area contributed by atoms with Gasteiger partial charge in [0.2, 0.25) is 5.91 Å². The second-order valence-electron chi connectivity index (χ2n) is 4.82. The first-order valence-corrected chi connectivity index (χ1v) is 6.46. The van der Waals surface area contributed by atoms with Crippen molar-refractivity contribution < 1.29 is 19.6 Å². The van der Waals surface area contributed by atoms with Crippen LogP contribution < -0.4 is 5.32 Å². The molecule has 2 rings (SSSR count). The van der Waals surface area contributed by atoms with Crippen molar-refractivity contribution in [1.82, 2.24) is 19.6 Å². The first kappa shape index (κ1) is 16.1. The van der Waals surface area contributed by atoms with Gasteiger partial charge in [-0.3, -0.25) is 24.3 Å². The van der Waals surface area contributed by atoms with E-state index < -0.39 is 16.8 Å². The fourth-order valence-corrected chi connectivity index (χ4v) is 2.21. The summed E-state index contributed by atoms with van der Waals surface area (Å²) in [6.45, 7) is 2.68. The Morgan fingerprint density at radius 1 is 1.43 bits per heavy atom. The van der Waals surface area contributed by atoms with Crippen molar-refractivity contribution in [1.29, 1.82) is 0 Å². The van der Waals surface area contributed by atoms with E-state index in [1.165, 1.54) is 31.8 Å². The lowest BCUT2D eigenvalue weighted by Crippen LogP contribution is -2.21. The molecule has 11 nitrogen and oxygen atoms in total. The third kappa shape index (κ3) is 3.02. The lowest BCUT2D eigenvalue weighted by atomic mass is 10.3. The molecule has 0 aliphatic carbocycles. The molecule has 0 saturated carbocycles. The average molecular weight is 322 g/mol. The lowest BCUT2D eigenvalue weighted by molar-refractivity contribution is -0.386. The van der Waals surface area contributed by atoms with Crippen LogP contribution in [0.1, 0.15) is 21.9 Å². The van der Waals surface area contributed by atoms with Crippen LogP contribution >= 0.6 is 0 Å². The molecule has 2 aromatic rings. The molecule has 1 amide bonds. The smallest absolute Gasteiger partial charge is 0.356 e. The summed E-state index contributed by atoms with van der Waals surface area (Å²) in [5.41, 5.74) is 0.171. The van der Waals surface area contributed by atoms with Gasteiger partial charge in [0.05, 0.1) is 16.8 Å². The summed E-state index contributed by atoms with van der Waals surface area (Å²) in [6.07, 6.45) is 1.21. The molecule has 2 heterocycles. The highest BCUT2D eigenvalue weighted by atomic mass is 16.6. The Morgan fingerprint density at radius 3 is 2.61 bits per heavy atom. The topological polar surface area (TPSA) is 145 Å². The van der Waals surface area contributed by atoms with E-state index in [1.807, 2.05) is 0 Å². The third-order valence-corrected chi connectivity index (χ3v) is 3.23. The van der Waals surface area contributed by atoms with Gasteiger partial charge in [-0.2, -0.15) is 10.2 Å². The van der Waals surface area contributed by atoms with Gasteiger partial charge in [0.1, 0.15) is 17.9 Å². The fourth-order valence-electron chi connectivity index (χ4n) is 2.21. The summed E-state index contributed by atoms with van der Waals surface area (Å²) < 4.78 is 2.31. The SMILES string of the molecule is Cc1nn(CC(=O)Nc2cnn(C)c2C(=O)O)c(C)c1[N+](=O)[O-]. The number of nitrogens with one attached hydrogen (secondary N) is 1. The normalized spacial score (nSPS) is 10.6. The summed E-state index contributed by atoms with van der Waals surface area (Å²) in [6, 6.07) is 0. The second kappa shape index (κ2) is 5.87. The van der Waals surface area contributed by atoms with Gasteiger partial charge in [-0.15, -0.1) is 0 Å². The van der Waals surface area contributed by atoms with Crippen LogP contribution in [0.4, 0.5) is 11.4 Å². The van der Waals surface area contributed by atoms with Crippen LogP contribution in [0.25, 0.3) is 0 Å². The van der Waals surface area contributed by atoms with Crippen LogP contribution in [0.5, 0.6) is 0 Å². The molecule has 0 spiro atoms. The number of hydrogen-bond acceptors (Lipinski definition) is 6. The fraction of sp³-hybridized carbons (Fsp3) is 0.333. The first-order valence-electron chi connectivity index (χ1n) is 6.46. The maximum Gasteiger partial charge on any atom is 0.356 e. The minimum atomic E-state index is -1.23. The molecule has 0 aliphatic heterocycles. The molecule has 11 heteroatoms. The van der Waals surface area contributed by atoms with E-state index in [1.54, 1.807) is 0 Å². The molecular formula is C12H14N6O5. The Kier molecular flexibility index (Phi) is 4.12. The number of amides is 1. The molecule has 2 aromatic heterocycles. The van der Waals surface area contributed by atoms with Crippen LogP contribution in [0.15, 0.2) is 6.20 Å². The van der Waals surface area contributed by atoms with Crippen LogP contribution in [-0.4, -0.2) is 41.5 Å². The number of anilines is 1. The highest BCUT2D eigenvalue weighted by Gasteiger charge is 2.23. The Balaban J connectivity index is 2.20. The summed E-state index contributed by atoms with van der Waals surface area (Å²) in [4.78, 5) is 33.5. The zero-order valence-corrected chi connectivity index (χ0v) is 12.6. The summed E-state index contributed by atoms with van der Waals surface area (Å²) in [7, 11) is 1.43. The number of carboxylic acid groups (broad SMARTS) is 1. The average Bonchev–Trinajstić information content (AvgIpc) is 2.90. The van der Waals surface area contributed by atoms with Crippen molar-refractivity contribution in [3.05, 3.63) is 33.4 Å². The van der Waals surface area contributed by atoms with Crippen molar-refractivity contribution in [3.63, 3.8) is 0 Å². The number of nitrogens with zero attached hydrogens (tertiary/aromatic N) is 5. The standard InChI is InChI=1S/C12H14N6O5/c1-6-10(18(22)23)7(2)17(15-6)5-9(19)14-8-4-13-16(3)11(8)12(20)21/h4H,5H2,1-3H3,(H,14,19)(H,20,21). The molecule has 0 atom stereocenters. The quantitative estimate of drug-likeness (QED) is 0.601. The predicted molar refractivity (Wildman–Crippen MR) is 77.2 cm³/mol. The number of carboxylic acids is 1. The number of nitro groups is 1. The number of rotatable bonds is 5. The second-order valence-corrected chi connectivity index (χ2v) is 4.82. The maximum absolute atomic E-state index is 12.0. The summed E-state index contributed by atoms with van der Waals surface area (Å²) in [5.74, 6) is -1.80. The van der Waals surface area contributed by atoms with Gasteiger partial charge in [0, 0.05) is 7.05 Å². The van der Waals surface area contributed by atoms with Gasteiger partial charge in [0.25, 0.3) is 0 Å². The number of carbonyl (C=O) groups excluding carboxylic acids is 1. The largest absolute Gasteiger partial charge is 0.476 e. The number of aromatic carboxylic acids is 1. The van der Waals surface area contributed by atoms with Gasteiger partial charge in [-0.25, -0.2) is 4.79 Å².